The first-order valence-corrected chi connectivity index (χ1v) is 7.61. The van der Waals surface area contributed by atoms with Crippen LogP contribution < -0.4 is 0 Å². The molecule has 2 heteroatoms. The number of carbonyl (C=O) groups excluding carboxylic acids is 1. The van der Waals surface area contributed by atoms with Gasteiger partial charge in [0.05, 0.1) is 0 Å². The van der Waals surface area contributed by atoms with E-state index >= 15 is 0 Å². The minimum Gasteiger partial charge on any atom is -0.342 e. The van der Waals surface area contributed by atoms with Crippen LogP contribution >= 0.6 is 0 Å². The molecule has 0 aromatic rings. The molecular formula is C15H25NO. The Balaban J connectivity index is 1.64. The summed E-state index contributed by atoms with van der Waals surface area (Å²) in [6.07, 6.45) is 11.7. The van der Waals surface area contributed by atoms with Crippen molar-refractivity contribution in [3.05, 3.63) is 0 Å². The number of rotatable bonds is 1. The lowest BCUT2D eigenvalue weighted by molar-refractivity contribution is -0.137. The van der Waals surface area contributed by atoms with E-state index in [0.29, 0.717) is 11.8 Å². The van der Waals surface area contributed by atoms with Gasteiger partial charge in [0, 0.05) is 19.0 Å². The third-order valence-electron chi connectivity index (χ3n) is 5.19. The van der Waals surface area contributed by atoms with Crippen LogP contribution in [-0.4, -0.2) is 23.9 Å². The lowest BCUT2D eigenvalue weighted by Gasteiger charge is -2.29. The molecule has 2 saturated carbocycles. The van der Waals surface area contributed by atoms with Crippen molar-refractivity contribution in [2.45, 2.75) is 57.8 Å². The van der Waals surface area contributed by atoms with Gasteiger partial charge < -0.3 is 4.90 Å². The van der Waals surface area contributed by atoms with Crippen LogP contribution in [0.2, 0.25) is 0 Å². The number of carbonyl (C=O) groups is 1. The van der Waals surface area contributed by atoms with E-state index < -0.39 is 0 Å². The van der Waals surface area contributed by atoms with Gasteiger partial charge in [-0.15, -0.1) is 0 Å². The Morgan fingerprint density at radius 2 is 1.29 bits per heavy atom. The van der Waals surface area contributed by atoms with Crippen LogP contribution in [-0.2, 0) is 4.79 Å². The first-order chi connectivity index (χ1) is 8.33. The van der Waals surface area contributed by atoms with Crippen molar-refractivity contribution in [1.29, 1.82) is 0 Å². The standard InChI is InChI=1S/C15H25NO/c17-15(14-4-2-1-3-5-14)16-10-12-6-7-13(11-16)9-8-12/h12-14H,1-11H2. The van der Waals surface area contributed by atoms with Gasteiger partial charge in [0.1, 0.15) is 0 Å². The van der Waals surface area contributed by atoms with E-state index in [2.05, 4.69) is 4.90 Å². The summed E-state index contributed by atoms with van der Waals surface area (Å²) >= 11 is 0. The number of nitrogens with zero attached hydrogens (tertiary/aromatic N) is 1. The van der Waals surface area contributed by atoms with Crippen LogP contribution in [0, 0.1) is 17.8 Å². The summed E-state index contributed by atoms with van der Waals surface area (Å²) in [5.41, 5.74) is 0. The molecule has 2 saturated heterocycles. The highest BCUT2D eigenvalue weighted by molar-refractivity contribution is 5.79. The third kappa shape index (κ3) is 2.51. The van der Waals surface area contributed by atoms with Gasteiger partial charge in [-0.3, -0.25) is 4.79 Å². The van der Waals surface area contributed by atoms with Crippen molar-refractivity contribution in [3.8, 4) is 0 Å². The van der Waals surface area contributed by atoms with Crippen LogP contribution in [0.1, 0.15) is 57.8 Å². The molecule has 96 valence electrons. The SMILES string of the molecule is O=C(C1CCCCC1)N1CC2CCC(CC2)C1. The predicted molar refractivity (Wildman–Crippen MR) is 68.6 cm³/mol. The second kappa shape index (κ2) is 4.99. The summed E-state index contributed by atoms with van der Waals surface area (Å²) < 4.78 is 0. The second-order valence-electron chi connectivity index (χ2n) is 6.46. The molecule has 17 heavy (non-hydrogen) atoms. The van der Waals surface area contributed by atoms with E-state index in [4.69, 9.17) is 0 Å². The van der Waals surface area contributed by atoms with Crippen molar-refractivity contribution in [2.24, 2.45) is 17.8 Å². The lowest BCUT2D eigenvalue weighted by Crippen LogP contribution is -2.39. The Hall–Kier alpha value is -0.530. The highest BCUT2D eigenvalue weighted by Crippen LogP contribution is 2.35. The third-order valence-corrected chi connectivity index (χ3v) is 5.19. The molecular weight excluding hydrogens is 210 g/mol. The van der Waals surface area contributed by atoms with Crippen molar-refractivity contribution in [1.82, 2.24) is 4.90 Å². The smallest absolute Gasteiger partial charge is 0.225 e. The first kappa shape index (κ1) is 11.6. The number of fused-ring (bicyclic) bond motifs is 4. The maximum Gasteiger partial charge on any atom is 0.225 e. The molecule has 0 radical (unpaired) electrons. The van der Waals surface area contributed by atoms with E-state index in [1.165, 1.54) is 44.9 Å². The van der Waals surface area contributed by atoms with Gasteiger partial charge >= 0.3 is 0 Å². The molecule has 2 bridgehead atoms. The maximum atomic E-state index is 12.6. The summed E-state index contributed by atoms with van der Waals surface area (Å²) in [7, 11) is 0. The average Bonchev–Trinajstić information content (AvgIpc) is 2.72. The summed E-state index contributed by atoms with van der Waals surface area (Å²) in [6, 6.07) is 0. The molecule has 2 aliphatic heterocycles. The summed E-state index contributed by atoms with van der Waals surface area (Å²) in [6.45, 7) is 2.15. The van der Waals surface area contributed by atoms with Crippen molar-refractivity contribution >= 4 is 5.91 Å². The van der Waals surface area contributed by atoms with Gasteiger partial charge in [0.25, 0.3) is 0 Å². The van der Waals surface area contributed by atoms with E-state index in [-0.39, 0.29) is 0 Å². The molecule has 2 nitrogen and oxygen atoms in total. The van der Waals surface area contributed by atoms with E-state index in [0.717, 1.165) is 37.8 Å². The van der Waals surface area contributed by atoms with Crippen molar-refractivity contribution < 1.29 is 4.79 Å². The Bertz CT molecular complexity index is 261. The fraction of sp³-hybridized carbons (Fsp3) is 0.933. The molecule has 0 aromatic heterocycles. The lowest BCUT2D eigenvalue weighted by atomic mass is 9.84. The maximum absolute atomic E-state index is 12.6. The second-order valence-corrected chi connectivity index (χ2v) is 6.46. The van der Waals surface area contributed by atoms with Gasteiger partial charge in [-0.25, -0.2) is 0 Å². The van der Waals surface area contributed by atoms with Crippen LogP contribution in [0.25, 0.3) is 0 Å². The van der Waals surface area contributed by atoms with Gasteiger partial charge in [0.15, 0.2) is 0 Å². The quantitative estimate of drug-likeness (QED) is 0.683. The zero-order valence-electron chi connectivity index (χ0n) is 10.9. The molecule has 4 rings (SSSR count). The van der Waals surface area contributed by atoms with Gasteiger partial charge in [-0.1, -0.05) is 19.3 Å². The molecule has 0 spiro atoms. The zero-order valence-corrected chi connectivity index (χ0v) is 10.9. The molecule has 0 unspecified atom stereocenters. The summed E-state index contributed by atoms with van der Waals surface area (Å²) in [4.78, 5) is 14.8. The molecule has 4 aliphatic rings. The van der Waals surface area contributed by atoms with Crippen molar-refractivity contribution in [2.75, 3.05) is 13.1 Å². The van der Waals surface area contributed by atoms with Gasteiger partial charge in [-0.2, -0.15) is 0 Å². The zero-order chi connectivity index (χ0) is 11.7. The summed E-state index contributed by atoms with van der Waals surface area (Å²) in [5, 5.41) is 0. The van der Waals surface area contributed by atoms with E-state index in [1.54, 1.807) is 0 Å². The van der Waals surface area contributed by atoms with Crippen LogP contribution in [0.3, 0.4) is 0 Å². The molecule has 0 aromatic carbocycles. The molecule has 2 aliphatic carbocycles. The first-order valence-electron chi connectivity index (χ1n) is 7.61. The molecule has 0 atom stereocenters. The summed E-state index contributed by atoms with van der Waals surface area (Å²) in [5.74, 6) is 2.52. The Morgan fingerprint density at radius 1 is 0.765 bits per heavy atom. The van der Waals surface area contributed by atoms with Gasteiger partial charge in [-0.05, 0) is 50.4 Å². The molecule has 0 N–H and O–H groups in total. The molecule has 1 amide bonds. The van der Waals surface area contributed by atoms with Crippen molar-refractivity contribution in [3.63, 3.8) is 0 Å². The van der Waals surface area contributed by atoms with E-state index in [9.17, 15) is 4.79 Å². The largest absolute Gasteiger partial charge is 0.342 e. The Labute approximate surface area is 105 Å². The number of hydrogen-bond acceptors (Lipinski definition) is 1. The average molecular weight is 235 g/mol. The van der Waals surface area contributed by atoms with Crippen LogP contribution in [0.5, 0.6) is 0 Å². The number of hydrogen-bond donors (Lipinski definition) is 0. The predicted octanol–water partition coefficient (Wildman–Crippen LogP) is 3.22. The Morgan fingerprint density at radius 3 is 1.82 bits per heavy atom. The van der Waals surface area contributed by atoms with E-state index in [1.807, 2.05) is 0 Å². The minimum absolute atomic E-state index is 0.376. The van der Waals surface area contributed by atoms with Crippen LogP contribution in [0.4, 0.5) is 0 Å². The topological polar surface area (TPSA) is 20.3 Å². The normalized spacial score (nSPS) is 34.7. The highest BCUT2D eigenvalue weighted by atomic mass is 16.2. The minimum atomic E-state index is 0.376. The fourth-order valence-corrected chi connectivity index (χ4v) is 4.08. The molecule has 2 heterocycles. The van der Waals surface area contributed by atoms with Crippen LogP contribution in [0.15, 0.2) is 0 Å². The number of amides is 1. The molecule has 4 fully saturated rings. The fourth-order valence-electron chi connectivity index (χ4n) is 4.08. The van der Waals surface area contributed by atoms with Gasteiger partial charge in [0.2, 0.25) is 5.91 Å². The monoisotopic (exact) mass is 235 g/mol. The highest BCUT2D eigenvalue weighted by Gasteiger charge is 2.34. The Kier molecular flexibility index (Phi) is 3.39.